The van der Waals surface area contributed by atoms with E-state index in [-0.39, 0.29) is 5.97 Å². The summed E-state index contributed by atoms with van der Waals surface area (Å²) in [4.78, 5) is 11.5. The molecule has 22 heavy (non-hydrogen) atoms. The molecule has 0 unspecified atom stereocenters. The minimum atomic E-state index is -0.641. The molecule has 2 rings (SSSR count). The topological polar surface area (TPSA) is 44.8 Å². The lowest BCUT2D eigenvalue weighted by atomic mass is 10.3. The van der Waals surface area contributed by atoms with Gasteiger partial charge in [-0.2, -0.15) is 0 Å². The van der Waals surface area contributed by atoms with Crippen LogP contribution >= 0.6 is 15.9 Å². The molecule has 0 fully saturated rings. The Kier molecular flexibility index (Phi) is 5.83. The minimum absolute atomic E-state index is 0.340. The van der Waals surface area contributed by atoms with Crippen molar-refractivity contribution >= 4 is 21.9 Å². The molecule has 0 bridgehead atoms. The van der Waals surface area contributed by atoms with Gasteiger partial charge in [-0.3, -0.25) is 0 Å². The summed E-state index contributed by atoms with van der Waals surface area (Å²) in [6.07, 6.45) is -0.641. The third kappa shape index (κ3) is 4.77. The Balaban J connectivity index is 1.95. The normalized spacial score (nSPS) is 11.6. The summed E-state index contributed by atoms with van der Waals surface area (Å²) in [6, 6.07) is 14.6. The highest BCUT2D eigenvalue weighted by Crippen LogP contribution is 2.25. The molecule has 4 nitrogen and oxygen atoms in total. The van der Waals surface area contributed by atoms with E-state index in [1.807, 2.05) is 24.3 Å². The second kappa shape index (κ2) is 7.84. The predicted octanol–water partition coefficient (Wildman–Crippen LogP) is 4.57. The maximum atomic E-state index is 11.5. The molecule has 2 aromatic carbocycles. The maximum absolute atomic E-state index is 11.5. The fourth-order valence-electron chi connectivity index (χ4n) is 1.74. The number of hydrogen-bond acceptors (Lipinski definition) is 4. The molecule has 0 saturated carbocycles. The summed E-state index contributed by atoms with van der Waals surface area (Å²) in [5, 5.41) is 0. The van der Waals surface area contributed by atoms with Gasteiger partial charge in [-0.1, -0.05) is 15.9 Å². The molecule has 0 saturated heterocycles. The van der Waals surface area contributed by atoms with E-state index >= 15 is 0 Å². The first-order valence-electron chi connectivity index (χ1n) is 6.95. The first-order valence-corrected chi connectivity index (χ1v) is 7.74. The Morgan fingerprint density at radius 2 is 1.50 bits per heavy atom. The van der Waals surface area contributed by atoms with Crippen LogP contribution in [0.4, 0.5) is 0 Å². The van der Waals surface area contributed by atoms with Crippen molar-refractivity contribution in [3.05, 3.63) is 53.0 Å². The van der Waals surface area contributed by atoms with E-state index in [1.54, 1.807) is 38.1 Å². The van der Waals surface area contributed by atoms with E-state index in [1.165, 1.54) is 0 Å². The lowest BCUT2D eigenvalue weighted by Crippen LogP contribution is -2.25. The van der Waals surface area contributed by atoms with Gasteiger partial charge in [0.1, 0.15) is 17.2 Å². The predicted molar refractivity (Wildman–Crippen MR) is 87.4 cm³/mol. The summed E-state index contributed by atoms with van der Waals surface area (Å²) in [5.41, 5.74) is 0. The van der Waals surface area contributed by atoms with E-state index in [2.05, 4.69) is 15.9 Å². The molecule has 2 aromatic rings. The molecule has 5 heteroatoms. The SMILES string of the molecule is CCOC(=O)[C@@H](C)Oc1ccc(Oc2ccc(Br)cc2)cc1. The Labute approximate surface area is 138 Å². The lowest BCUT2D eigenvalue weighted by molar-refractivity contribution is -0.150. The number of halogens is 1. The van der Waals surface area contributed by atoms with Crippen LogP contribution in [0.15, 0.2) is 53.0 Å². The Hall–Kier alpha value is -2.01. The average molecular weight is 365 g/mol. The van der Waals surface area contributed by atoms with Crippen LogP contribution in [0, 0.1) is 0 Å². The Morgan fingerprint density at radius 3 is 2.05 bits per heavy atom. The third-order valence-corrected chi connectivity index (χ3v) is 3.33. The van der Waals surface area contributed by atoms with Crippen LogP contribution in [-0.2, 0) is 9.53 Å². The minimum Gasteiger partial charge on any atom is -0.479 e. The van der Waals surface area contributed by atoms with Gasteiger partial charge in [0.15, 0.2) is 6.10 Å². The molecule has 0 aliphatic rings. The molecule has 1 atom stereocenters. The molecule has 0 amide bonds. The number of hydrogen-bond donors (Lipinski definition) is 0. The van der Waals surface area contributed by atoms with Crippen LogP contribution < -0.4 is 9.47 Å². The molecular formula is C17H17BrO4. The zero-order valence-corrected chi connectivity index (χ0v) is 14.0. The summed E-state index contributed by atoms with van der Waals surface area (Å²) in [6.45, 7) is 3.76. The van der Waals surface area contributed by atoms with Crippen LogP contribution in [0.3, 0.4) is 0 Å². The third-order valence-electron chi connectivity index (χ3n) is 2.80. The summed E-state index contributed by atoms with van der Waals surface area (Å²) in [5.74, 6) is 1.65. The number of benzene rings is 2. The second-order valence-electron chi connectivity index (χ2n) is 4.54. The van der Waals surface area contributed by atoms with Crippen molar-refractivity contribution in [2.45, 2.75) is 20.0 Å². The van der Waals surface area contributed by atoms with Gasteiger partial charge in [0.05, 0.1) is 6.61 Å². The van der Waals surface area contributed by atoms with Crippen LogP contribution in [0.5, 0.6) is 17.2 Å². The smallest absolute Gasteiger partial charge is 0.347 e. The molecule has 0 spiro atoms. The summed E-state index contributed by atoms with van der Waals surface area (Å²) in [7, 11) is 0. The van der Waals surface area contributed by atoms with Gasteiger partial charge in [-0.05, 0) is 62.4 Å². The van der Waals surface area contributed by atoms with Crippen molar-refractivity contribution in [3.8, 4) is 17.2 Å². The Morgan fingerprint density at radius 1 is 1.00 bits per heavy atom. The highest BCUT2D eigenvalue weighted by molar-refractivity contribution is 9.10. The van der Waals surface area contributed by atoms with Gasteiger partial charge >= 0.3 is 5.97 Å². The van der Waals surface area contributed by atoms with Gasteiger partial charge in [0.25, 0.3) is 0 Å². The quantitative estimate of drug-likeness (QED) is 0.704. The number of rotatable bonds is 6. The standard InChI is InChI=1S/C17H17BrO4/c1-3-20-17(19)12(2)21-14-8-10-16(11-9-14)22-15-6-4-13(18)5-7-15/h4-12H,3H2,1-2H3/t12-/m1/s1. The molecule has 0 N–H and O–H groups in total. The van der Waals surface area contributed by atoms with E-state index < -0.39 is 6.10 Å². The molecule has 116 valence electrons. The first kappa shape index (κ1) is 16.4. The van der Waals surface area contributed by atoms with E-state index in [4.69, 9.17) is 14.2 Å². The molecule has 0 aromatic heterocycles. The fraction of sp³-hybridized carbons (Fsp3) is 0.235. The van der Waals surface area contributed by atoms with Gasteiger partial charge in [-0.25, -0.2) is 4.79 Å². The van der Waals surface area contributed by atoms with Crippen molar-refractivity contribution in [1.82, 2.24) is 0 Å². The summed E-state index contributed by atoms with van der Waals surface area (Å²) < 4.78 is 17.1. The van der Waals surface area contributed by atoms with Crippen LogP contribution in [0.1, 0.15) is 13.8 Å². The van der Waals surface area contributed by atoms with Gasteiger partial charge < -0.3 is 14.2 Å². The average Bonchev–Trinajstić information content (AvgIpc) is 2.51. The van der Waals surface area contributed by atoms with Gasteiger partial charge in [0.2, 0.25) is 0 Å². The number of carbonyl (C=O) groups excluding carboxylic acids is 1. The van der Waals surface area contributed by atoms with Crippen LogP contribution in [-0.4, -0.2) is 18.7 Å². The van der Waals surface area contributed by atoms with E-state index in [9.17, 15) is 4.79 Å². The summed E-state index contributed by atoms with van der Waals surface area (Å²) >= 11 is 3.38. The monoisotopic (exact) mass is 364 g/mol. The van der Waals surface area contributed by atoms with E-state index in [0.29, 0.717) is 18.1 Å². The van der Waals surface area contributed by atoms with E-state index in [0.717, 1.165) is 10.2 Å². The highest BCUT2D eigenvalue weighted by Gasteiger charge is 2.15. The number of carbonyl (C=O) groups is 1. The largest absolute Gasteiger partial charge is 0.479 e. The highest BCUT2D eigenvalue weighted by atomic mass is 79.9. The number of esters is 1. The fourth-order valence-corrected chi connectivity index (χ4v) is 2.00. The maximum Gasteiger partial charge on any atom is 0.347 e. The zero-order chi connectivity index (χ0) is 15.9. The zero-order valence-electron chi connectivity index (χ0n) is 12.4. The molecule has 0 aliphatic carbocycles. The van der Waals surface area contributed by atoms with Crippen molar-refractivity contribution < 1.29 is 19.0 Å². The van der Waals surface area contributed by atoms with Gasteiger partial charge in [0, 0.05) is 4.47 Å². The second-order valence-corrected chi connectivity index (χ2v) is 5.46. The van der Waals surface area contributed by atoms with Crippen molar-refractivity contribution in [1.29, 1.82) is 0 Å². The van der Waals surface area contributed by atoms with Crippen molar-refractivity contribution in [2.24, 2.45) is 0 Å². The Bertz CT molecular complexity index is 608. The first-order chi connectivity index (χ1) is 10.6. The van der Waals surface area contributed by atoms with Crippen LogP contribution in [0.2, 0.25) is 0 Å². The lowest BCUT2D eigenvalue weighted by Gasteiger charge is -2.13. The molecule has 0 radical (unpaired) electrons. The molecule has 0 heterocycles. The van der Waals surface area contributed by atoms with Crippen LogP contribution in [0.25, 0.3) is 0 Å². The van der Waals surface area contributed by atoms with Crippen molar-refractivity contribution in [3.63, 3.8) is 0 Å². The van der Waals surface area contributed by atoms with Gasteiger partial charge in [-0.15, -0.1) is 0 Å². The molecular weight excluding hydrogens is 348 g/mol. The number of ether oxygens (including phenoxy) is 3. The van der Waals surface area contributed by atoms with Crippen molar-refractivity contribution in [2.75, 3.05) is 6.61 Å². The molecule has 0 aliphatic heterocycles.